The minimum atomic E-state index is 0.0584. The smallest absolute Gasteiger partial charge is 0.168 e. The third-order valence-electron chi connectivity index (χ3n) is 4.64. The lowest BCUT2D eigenvalue weighted by Crippen LogP contribution is -2.10. The molecule has 3 rings (SSSR count). The van der Waals surface area contributed by atoms with Gasteiger partial charge in [-0.05, 0) is 42.2 Å². The van der Waals surface area contributed by atoms with E-state index in [1.165, 1.54) is 5.56 Å². The topological polar surface area (TPSA) is 38.7 Å². The molecule has 0 aliphatic heterocycles. The molecule has 0 saturated carbocycles. The average molecular weight is 386 g/mol. The Kier molecular flexibility index (Phi) is 6.28. The Labute approximate surface area is 173 Å². The third-order valence-corrected chi connectivity index (χ3v) is 4.64. The van der Waals surface area contributed by atoms with Gasteiger partial charge in [0.25, 0.3) is 0 Å². The number of hydrogen-bond acceptors (Lipinski definition) is 3. The van der Waals surface area contributed by atoms with Crippen LogP contribution in [0, 0.1) is 0 Å². The van der Waals surface area contributed by atoms with Gasteiger partial charge < -0.3 is 4.74 Å². The van der Waals surface area contributed by atoms with Gasteiger partial charge in [0.15, 0.2) is 11.5 Å². The molecule has 0 bridgehead atoms. The molecule has 0 N–H and O–H groups in total. The van der Waals surface area contributed by atoms with E-state index in [-0.39, 0.29) is 17.6 Å². The molecule has 3 nitrogen and oxygen atoms in total. The number of Topliss-reactive ketones (excluding diaryl/α,β-unsaturated/α-hetero) is 1. The van der Waals surface area contributed by atoms with Gasteiger partial charge in [0, 0.05) is 17.7 Å². The number of aliphatic imine (C=N–C) groups is 1. The molecule has 29 heavy (non-hydrogen) atoms. The molecule has 0 unspecified atom stereocenters. The van der Waals surface area contributed by atoms with E-state index in [9.17, 15) is 4.79 Å². The summed E-state index contributed by atoms with van der Waals surface area (Å²) in [4.78, 5) is 17.1. The number of nitrogens with zero attached hydrogens (tertiary/aromatic N) is 1. The molecule has 3 aromatic rings. The Morgan fingerprint density at radius 3 is 2.14 bits per heavy atom. The molecule has 0 heterocycles. The first-order valence-electron chi connectivity index (χ1n) is 9.83. The predicted molar refractivity (Wildman–Crippen MR) is 120 cm³/mol. The van der Waals surface area contributed by atoms with Crippen molar-refractivity contribution in [3.8, 4) is 11.5 Å². The fraction of sp³-hybridized carbons (Fsp3) is 0.231. The lowest BCUT2D eigenvalue weighted by atomic mass is 9.87. The summed E-state index contributed by atoms with van der Waals surface area (Å²) in [5, 5.41) is 0. The van der Waals surface area contributed by atoms with E-state index in [1.54, 1.807) is 0 Å². The van der Waals surface area contributed by atoms with Crippen LogP contribution in [-0.2, 0) is 5.41 Å². The van der Waals surface area contributed by atoms with Crippen molar-refractivity contribution >= 4 is 17.2 Å². The molecule has 0 spiro atoms. The minimum absolute atomic E-state index is 0.0584. The van der Waals surface area contributed by atoms with Crippen molar-refractivity contribution in [2.75, 3.05) is 0 Å². The molecular weight excluding hydrogens is 358 g/mol. The van der Waals surface area contributed by atoms with Crippen molar-refractivity contribution in [3.05, 3.63) is 90.0 Å². The summed E-state index contributed by atoms with van der Waals surface area (Å²) in [7, 11) is 0. The highest BCUT2D eigenvalue weighted by molar-refractivity contribution is 6.09. The Hall–Kier alpha value is -3.20. The van der Waals surface area contributed by atoms with Crippen LogP contribution < -0.4 is 4.74 Å². The first-order valence-corrected chi connectivity index (χ1v) is 9.83. The summed E-state index contributed by atoms with van der Waals surface area (Å²) < 4.78 is 6.08. The molecule has 0 aliphatic carbocycles. The van der Waals surface area contributed by atoms with Gasteiger partial charge in [0.05, 0.1) is 0 Å². The van der Waals surface area contributed by atoms with Gasteiger partial charge in [-0.2, -0.15) is 0 Å². The molecule has 0 saturated heterocycles. The molecule has 0 radical (unpaired) electrons. The molecule has 3 aromatic carbocycles. The maximum absolute atomic E-state index is 12.4. The SMILES string of the molecule is CC(CC(=O)c1ccccc1)=Nc1ccccc1Oc1ccc(C(C)(C)C)cc1. The summed E-state index contributed by atoms with van der Waals surface area (Å²) in [6.45, 7) is 8.43. The lowest BCUT2D eigenvalue weighted by Gasteiger charge is -2.19. The van der Waals surface area contributed by atoms with Crippen LogP contribution in [0.15, 0.2) is 83.9 Å². The summed E-state index contributed by atoms with van der Waals surface area (Å²) in [5.74, 6) is 1.49. The highest BCUT2D eigenvalue weighted by Crippen LogP contribution is 2.33. The van der Waals surface area contributed by atoms with E-state index in [0.717, 1.165) is 11.5 Å². The standard InChI is InChI=1S/C26H27NO2/c1-19(18-24(28)20-10-6-5-7-11-20)27-23-12-8-9-13-25(23)29-22-16-14-21(15-17-22)26(2,3)4/h5-17H,18H2,1-4H3. The second-order valence-corrected chi connectivity index (χ2v) is 8.16. The molecule has 0 aromatic heterocycles. The van der Waals surface area contributed by atoms with Crippen LogP contribution in [-0.4, -0.2) is 11.5 Å². The Morgan fingerprint density at radius 2 is 1.48 bits per heavy atom. The number of hydrogen-bond donors (Lipinski definition) is 0. The summed E-state index contributed by atoms with van der Waals surface area (Å²) in [6, 6.07) is 25.1. The number of carbonyl (C=O) groups excluding carboxylic acids is 1. The summed E-state index contributed by atoms with van der Waals surface area (Å²) in [6.07, 6.45) is 0.276. The number of ketones is 1. The fourth-order valence-corrected chi connectivity index (χ4v) is 2.99. The normalized spacial score (nSPS) is 11.9. The third kappa shape index (κ3) is 5.64. The maximum Gasteiger partial charge on any atom is 0.168 e. The van der Waals surface area contributed by atoms with Crippen LogP contribution in [0.5, 0.6) is 11.5 Å². The van der Waals surface area contributed by atoms with E-state index in [0.29, 0.717) is 17.0 Å². The predicted octanol–water partition coefficient (Wildman–Crippen LogP) is 7.14. The second-order valence-electron chi connectivity index (χ2n) is 8.16. The summed E-state index contributed by atoms with van der Waals surface area (Å²) >= 11 is 0. The van der Waals surface area contributed by atoms with Crippen LogP contribution in [0.3, 0.4) is 0 Å². The van der Waals surface area contributed by atoms with E-state index in [4.69, 9.17) is 4.74 Å². The summed E-state index contributed by atoms with van der Waals surface area (Å²) in [5.41, 5.74) is 3.52. The first-order chi connectivity index (χ1) is 13.8. The number of rotatable bonds is 6. The second kappa shape index (κ2) is 8.87. The van der Waals surface area contributed by atoms with Gasteiger partial charge in [-0.3, -0.25) is 9.79 Å². The van der Waals surface area contributed by atoms with Crippen molar-refractivity contribution in [1.82, 2.24) is 0 Å². The maximum atomic E-state index is 12.4. The average Bonchev–Trinajstić information content (AvgIpc) is 2.70. The molecule has 0 aliphatic rings. The number of para-hydroxylation sites is 2. The zero-order valence-corrected chi connectivity index (χ0v) is 17.5. The van der Waals surface area contributed by atoms with Crippen molar-refractivity contribution in [2.24, 2.45) is 4.99 Å². The first kappa shape index (κ1) is 20.5. The van der Waals surface area contributed by atoms with Gasteiger partial charge in [-0.15, -0.1) is 0 Å². The zero-order chi connectivity index (χ0) is 20.9. The van der Waals surface area contributed by atoms with Gasteiger partial charge in [-0.25, -0.2) is 0 Å². The van der Waals surface area contributed by atoms with Gasteiger partial charge >= 0.3 is 0 Å². The van der Waals surface area contributed by atoms with Gasteiger partial charge in [0.1, 0.15) is 11.4 Å². The highest BCUT2D eigenvalue weighted by atomic mass is 16.5. The lowest BCUT2D eigenvalue weighted by molar-refractivity contribution is 0.100. The van der Waals surface area contributed by atoms with E-state index < -0.39 is 0 Å². The van der Waals surface area contributed by atoms with Gasteiger partial charge in [-0.1, -0.05) is 75.4 Å². The van der Waals surface area contributed by atoms with Crippen molar-refractivity contribution in [2.45, 2.75) is 39.5 Å². The van der Waals surface area contributed by atoms with Crippen molar-refractivity contribution < 1.29 is 9.53 Å². The van der Waals surface area contributed by atoms with Crippen LogP contribution in [0.4, 0.5) is 5.69 Å². The van der Waals surface area contributed by atoms with Crippen molar-refractivity contribution in [3.63, 3.8) is 0 Å². The molecule has 0 atom stereocenters. The largest absolute Gasteiger partial charge is 0.455 e. The Bertz CT molecular complexity index is 997. The van der Waals surface area contributed by atoms with E-state index in [2.05, 4.69) is 37.9 Å². The Morgan fingerprint density at radius 1 is 0.862 bits per heavy atom. The fourth-order valence-electron chi connectivity index (χ4n) is 2.99. The van der Waals surface area contributed by atoms with Crippen LogP contribution >= 0.6 is 0 Å². The monoisotopic (exact) mass is 385 g/mol. The molecule has 3 heteroatoms. The molecule has 0 amide bonds. The minimum Gasteiger partial charge on any atom is -0.455 e. The molecule has 0 fully saturated rings. The van der Waals surface area contributed by atoms with Crippen LogP contribution in [0.1, 0.15) is 50.0 Å². The highest BCUT2D eigenvalue weighted by Gasteiger charge is 2.13. The van der Waals surface area contributed by atoms with E-state index >= 15 is 0 Å². The van der Waals surface area contributed by atoms with Crippen LogP contribution in [0.2, 0.25) is 0 Å². The van der Waals surface area contributed by atoms with Crippen molar-refractivity contribution in [1.29, 1.82) is 0 Å². The molecule has 148 valence electrons. The number of benzene rings is 3. The Balaban J connectivity index is 1.76. The van der Waals surface area contributed by atoms with E-state index in [1.807, 2.05) is 73.7 Å². The molecular formula is C26H27NO2. The quantitative estimate of drug-likeness (QED) is 0.334. The zero-order valence-electron chi connectivity index (χ0n) is 17.5. The number of carbonyl (C=O) groups is 1. The van der Waals surface area contributed by atoms with Crippen LogP contribution in [0.25, 0.3) is 0 Å². The number of ether oxygens (including phenoxy) is 1. The van der Waals surface area contributed by atoms with Gasteiger partial charge in [0.2, 0.25) is 0 Å².